The maximum absolute atomic E-state index is 2.48. The van der Waals surface area contributed by atoms with Gasteiger partial charge in [0.05, 0.1) is 0 Å². The van der Waals surface area contributed by atoms with Crippen molar-refractivity contribution in [3.05, 3.63) is 203 Å². The molecule has 0 fully saturated rings. The summed E-state index contributed by atoms with van der Waals surface area (Å²) in [5.74, 6) is 0. The molecule has 0 unspecified atom stereocenters. The van der Waals surface area contributed by atoms with Gasteiger partial charge in [-0.25, -0.2) is 12.1 Å². The van der Waals surface area contributed by atoms with Crippen molar-refractivity contribution in [3.63, 3.8) is 0 Å². The molecule has 0 aromatic heterocycles. The molecule has 8 aromatic carbocycles. The van der Waals surface area contributed by atoms with Crippen LogP contribution in [0.1, 0.15) is 116 Å². The van der Waals surface area contributed by atoms with E-state index < -0.39 is 0 Å². The zero-order valence-corrected chi connectivity index (χ0v) is 42.0. The first-order valence-corrected chi connectivity index (χ1v) is 23.7. The van der Waals surface area contributed by atoms with Gasteiger partial charge < -0.3 is 0 Å². The molecule has 0 bridgehead atoms. The second kappa shape index (κ2) is 19.4. The fourth-order valence-corrected chi connectivity index (χ4v) is 9.20. The van der Waals surface area contributed by atoms with Crippen LogP contribution in [-0.2, 0) is 58.7 Å². The summed E-state index contributed by atoms with van der Waals surface area (Å²) in [6.45, 7) is 27.7. The van der Waals surface area contributed by atoms with E-state index in [1.165, 1.54) is 77.2 Å². The van der Waals surface area contributed by atoms with Crippen molar-refractivity contribution in [3.8, 4) is 22.3 Å². The standard InChI is InChI=1S/C41H49.C15H14.C5H5.Zr/c1-38(2,3)30-17-13-26(14-18-30)34-22-28-21-29-23-35(27-15-19-31(20-16-27)39(4,5)6)37(41(10,11)12)25-33(29)32(28)24-36(34)40(7,8)9;1-3-8-14(9-4-1)12-7-13-15-10-5-2-6-11-15;1-2-4-5-3-1;/h13-25H,1-12H3;1-6,8-11H,12-13H2;1-5H;/q-1;;-1;+2. The van der Waals surface area contributed by atoms with Crippen LogP contribution in [0, 0.1) is 0 Å². The smallest absolute Gasteiger partial charge is 0.172 e. The summed E-state index contributed by atoms with van der Waals surface area (Å²) < 4.78 is 1.60. The minimum atomic E-state index is 0.0252. The Kier molecular flexibility index (Phi) is 14.6. The van der Waals surface area contributed by atoms with E-state index >= 15 is 0 Å². The minimum Gasteiger partial charge on any atom is -0.214 e. The average Bonchev–Trinajstić information content (AvgIpc) is 3.92. The third-order valence-electron chi connectivity index (χ3n) is 11.8. The van der Waals surface area contributed by atoms with Crippen molar-refractivity contribution in [1.82, 2.24) is 0 Å². The summed E-state index contributed by atoms with van der Waals surface area (Å²) in [7, 11) is 0. The van der Waals surface area contributed by atoms with Crippen molar-refractivity contribution in [1.29, 1.82) is 0 Å². The predicted molar refractivity (Wildman–Crippen MR) is 270 cm³/mol. The second-order valence-corrected chi connectivity index (χ2v) is 22.9. The summed E-state index contributed by atoms with van der Waals surface area (Å²) in [5.41, 5.74) is 14.0. The van der Waals surface area contributed by atoms with Gasteiger partial charge in [-0.1, -0.05) is 144 Å². The van der Waals surface area contributed by atoms with Gasteiger partial charge in [-0.2, -0.15) is 18.2 Å². The molecule has 0 amide bonds. The number of benzene rings is 6. The van der Waals surface area contributed by atoms with Gasteiger partial charge in [0.2, 0.25) is 0 Å². The van der Waals surface area contributed by atoms with E-state index in [0.29, 0.717) is 0 Å². The van der Waals surface area contributed by atoms with E-state index in [1.807, 2.05) is 30.3 Å². The summed E-state index contributed by atoms with van der Waals surface area (Å²) in [6.07, 6.45) is 2.24. The van der Waals surface area contributed by atoms with E-state index in [0.717, 1.165) is 12.8 Å². The molecule has 0 aliphatic carbocycles. The van der Waals surface area contributed by atoms with Gasteiger partial charge in [-0.05, 0) is 66.2 Å². The zero-order valence-electron chi connectivity index (χ0n) is 39.6. The van der Waals surface area contributed by atoms with Gasteiger partial charge in [0, 0.05) is 0 Å². The van der Waals surface area contributed by atoms with E-state index in [-0.39, 0.29) is 21.7 Å². The van der Waals surface area contributed by atoms with Gasteiger partial charge in [0.1, 0.15) is 0 Å². The van der Waals surface area contributed by atoms with E-state index in [4.69, 9.17) is 0 Å². The summed E-state index contributed by atoms with van der Waals surface area (Å²) in [4.78, 5) is 0. The number of rotatable bonds is 6. The van der Waals surface area contributed by atoms with Gasteiger partial charge in [0.15, 0.2) is 0 Å². The first-order chi connectivity index (χ1) is 29.2. The molecule has 0 nitrogen and oxygen atoms in total. The van der Waals surface area contributed by atoms with Crippen LogP contribution in [0.2, 0.25) is 0 Å². The Morgan fingerprint density at radius 1 is 0.419 bits per heavy atom. The maximum atomic E-state index is 2.48. The van der Waals surface area contributed by atoms with Crippen LogP contribution in [-0.4, -0.2) is 3.21 Å². The molecule has 0 heterocycles. The van der Waals surface area contributed by atoms with Gasteiger partial charge in [-0.3, -0.25) is 0 Å². The van der Waals surface area contributed by atoms with Crippen molar-refractivity contribution >= 4 is 24.8 Å². The molecule has 1 heteroatoms. The molecular formula is C61H68Zr. The fraction of sp³-hybridized carbons (Fsp3) is 0.295. The largest absolute Gasteiger partial charge is 0.214 e. The Labute approximate surface area is 389 Å². The van der Waals surface area contributed by atoms with Crippen molar-refractivity contribution in [2.75, 3.05) is 0 Å². The van der Waals surface area contributed by atoms with Crippen LogP contribution < -0.4 is 0 Å². The first kappa shape index (κ1) is 46.8. The van der Waals surface area contributed by atoms with Crippen LogP contribution in [0.4, 0.5) is 0 Å². The topological polar surface area (TPSA) is 0 Å². The maximum Gasteiger partial charge on any atom is -0.172 e. The van der Waals surface area contributed by atoms with E-state index in [1.54, 1.807) is 27.4 Å². The third-order valence-corrected chi connectivity index (χ3v) is 12.7. The number of fused-ring (bicyclic) bond motifs is 3. The quantitative estimate of drug-likeness (QED) is 0.146. The molecule has 0 spiro atoms. The SMILES string of the molecule is CC(C)(C)c1ccc(-c2cc3[cH-]c4cc(-c5ccc(C(C)(C)C)cc5)c(C(C)(C)C)cc4c3cc2C(C)(C)C)cc1.[Zr+2]=[C](Cc1ccccc1)Cc1ccccc1.c1cc[cH-]c1. The predicted octanol–water partition coefficient (Wildman–Crippen LogP) is 16.8. The Morgan fingerprint density at radius 2 is 0.774 bits per heavy atom. The Morgan fingerprint density at radius 3 is 1.06 bits per heavy atom. The molecule has 0 N–H and O–H groups in total. The van der Waals surface area contributed by atoms with E-state index in [9.17, 15) is 0 Å². The molecule has 62 heavy (non-hydrogen) atoms. The van der Waals surface area contributed by atoms with Crippen LogP contribution >= 0.6 is 0 Å². The molecule has 8 aromatic rings. The normalized spacial score (nSPS) is 12.1. The van der Waals surface area contributed by atoms with Crippen LogP contribution in [0.5, 0.6) is 0 Å². The second-order valence-electron chi connectivity index (χ2n) is 21.2. The molecule has 316 valence electrons. The molecule has 8 rings (SSSR count). The Hall–Kier alpha value is -4.71. The van der Waals surface area contributed by atoms with Crippen molar-refractivity contribution < 1.29 is 24.2 Å². The monoisotopic (exact) mass is 890 g/mol. The molecule has 0 radical (unpaired) electrons. The summed E-state index contributed by atoms with van der Waals surface area (Å²) in [5, 5.41) is 5.37. The number of hydrogen-bond acceptors (Lipinski definition) is 0. The molecular weight excluding hydrogens is 824 g/mol. The molecule has 0 aliphatic rings. The van der Waals surface area contributed by atoms with Crippen LogP contribution in [0.25, 0.3) is 43.8 Å². The molecule has 0 saturated carbocycles. The van der Waals surface area contributed by atoms with Crippen molar-refractivity contribution in [2.45, 2.75) is 118 Å². The van der Waals surface area contributed by atoms with Gasteiger partial charge >= 0.3 is 112 Å². The summed E-state index contributed by atoms with van der Waals surface area (Å²) in [6, 6.07) is 62.1. The number of hydrogen-bond donors (Lipinski definition) is 0. The first-order valence-electron chi connectivity index (χ1n) is 22.4. The Bertz CT molecular complexity index is 2470. The third kappa shape index (κ3) is 12.1. The minimum absolute atomic E-state index is 0.0252. The van der Waals surface area contributed by atoms with Gasteiger partial charge in [0.25, 0.3) is 0 Å². The average molecular weight is 892 g/mol. The molecule has 0 atom stereocenters. The Balaban J connectivity index is 0.000000249. The summed E-state index contributed by atoms with van der Waals surface area (Å²) >= 11 is 1.55. The fourth-order valence-electron chi connectivity index (χ4n) is 8.19. The van der Waals surface area contributed by atoms with Crippen LogP contribution in [0.3, 0.4) is 0 Å². The van der Waals surface area contributed by atoms with Crippen molar-refractivity contribution in [2.24, 2.45) is 0 Å². The van der Waals surface area contributed by atoms with Gasteiger partial charge in [-0.15, -0.1) is 39.7 Å². The van der Waals surface area contributed by atoms with E-state index in [2.05, 4.69) is 223 Å². The molecule has 0 saturated heterocycles. The van der Waals surface area contributed by atoms with Crippen LogP contribution in [0.15, 0.2) is 170 Å². The zero-order chi connectivity index (χ0) is 44.9. The molecule has 0 aliphatic heterocycles.